The third kappa shape index (κ3) is 4.46. The van der Waals surface area contributed by atoms with E-state index in [0.29, 0.717) is 17.7 Å². The molecular formula is C17H22N2O4S. The standard InChI is InChI=1S/C17H22N2O4S/c1-4-12(2)19-24(21,22)15-9-7-14(8-10-15)17(20)18-13(3)16-6-5-11-23-16/h5-13,19H,4H2,1-3H3,(H,18,20). The largest absolute Gasteiger partial charge is 0.467 e. The maximum atomic E-state index is 12.2. The monoisotopic (exact) mass is 350 g/mol. The summed E-state index contributed by atoms with van der Waals surface area (Å²) in [7, 11) is -3.57. The molecule has 7 heteroatoms. The second-order valence-electron chi connectivity index (χ2n) is 5.67. The molecule has 130 valence electrons. The second kappa shape index (κ2) is 7.63. The molecule has 1 aromatic carbocycles. The molecule has 0 saturated heterocycles. The van der Waals surface area contributed by atoms with E-state index in [0.717, 1.165) is 0 Å². The molecule has 0 bridgehead atoms. The molecule has 2 N–H and O–H groups in total. The summed E-state index contributed by atoms with van der Waals surface area (Å²) in [5.74, 6) is 0.359. The summed E-state index contributed by atoms with van der Waals surface area (Å²) in [6.07, 6.45) is 2.24. The summed E-state index contributed by atoms with van der Waals surface area (Å²) < 4.78 is 32.2. The predicted molar refractivity (Wildman–Crippen MR) is 91.1 cm³/mol. The first-order valence-corrected chi connectivity index (χ1v) is 9.28. The molecule has 2 aromatic rings. The van der Waals surface area contributed by atoms with Crippen LogP contribution in [0.25, 0.3) is 0 Å². The van der Waals surface area contributed by atoms with E-state index in [1.165, 1.54) is 24.3 Å². The fourth-order valence-electron chi connectivity index (χ4n) is 2.09. The number of furan rings is 1. The number of hydrogen-bond donors (Lipinski definition) is 2. The molecule has 0 aliphatic rings. The van der Waals surface area contributed by atoms with Gasteiger partial charge in [-0.25, -0.2) is 13.1 Å². The van der Waals surface area contributed by atoms with E-state index in [1.54, 1.807) is 25.3 Å². The van der Waals surface area contributed by atoms with E-state index >= 15 is 0 Å². The van der Waals surface area contributed by atoms with Crippen LogP contribution in [0.1, 0.15) is 49.4 Å². The van der Waals surface area contributed by atoms with Crippen molar-refractivity contribution in [1.82, 2.24) is 10.0 Å². The minimum absolute atomic E-state index is 0.137. The van der Waals surface area contributed by atoms with Crippen LogP contribution in [0.3, 0.4) is 0 Å². The maximum Gasteiger partial charge on any atom is 0.251 e. The van der Waals surface area contributed by atoms with Crippen molar-refractivity contribution in [2.24, 2.45) is 0 Å². The fourth-order valence-corrected chi connectivity index (χ4v) is 3.42. The molecule has 1 aromatic heterocycles. The van der Waals surface area contributed by atoms with Gasteiger partial charge in [-0.15, -0.1) is 0 Å². The smallest absolute Gasteiger partial charge is 0.251 e. The highest BCUT2D eigenvalue weighted by Gasteiger charge is 2.18. The predicted octanol–water partition coefficient (Wildman–Crippen LogP) is 2.85. The first-order valence-electron chi connectivity index (χ1n) is 7.80. The Bertz CT molecular complexity index is 767. The summed E-state index contributed by atoms with van der Waals surface area (Å²) in [6.45, 7) is 5.52. The molecule has 2 unspecified atom stereocenters. The van der Waals surface area contributed by atoms with Crippen molar-refractivity contribution >= 4 is 15.9 Å². The normalized spacial score (nSPS) is 14.1. The van der Waals surface area contributed by atoms with Crippen molar-refractivity contribution in [1.29, 1.82) is 0 Å². The molecular weight excluding hydrogens is 328 g/mol. The highest BCUT2D eigenvalue weighted by Crippen LogP contribution is 2.15. The van der Waals surface area contributed by atoms with Gasteiger partial charge in [0.25, 0.3) is 5.91 Å². The van der Waals surface area contributed by atoms with Gasteiger partial charge in [-0.05, 0) is 56.7 Å². The van der Waals surface area contributed by atoms with Gasteiger partial charge in [-0.1, -0.05) is 6.92 Å². The molecule has 0 fully saturated rings. The van der Waals surface area contributed by atoms with Crippen molar-refractivity contribution in [2.75, 3.05) is 0 Å². The number of carbonyl (C=O) groups excluding carboxylic acids is 1. The van der Waals surface area contributed by atoms with Gasteiger partial charge < -0.3 is 9.73 Å². The number of rotatable bonds is 7. The van der Waals surface area contributed by atoms with Crippen LogP contribution in [0.15, 0.2) is 52.0 Å². The number of nitrogens with one attached hydrogen (secondary N) is 2. The molecule has 2 atom stereocenters. The summed E-state index contributed by atoms with van der Waals surface area (Å²) in [5.41, 5.74) is 0.385. The van der Waals surface area contributed by atoms with Gasteiger partial charge >= 0.3 is 0 Å². The lowest BCUT2D eigenvalue weighted by Crippen LogP contribution is -2.32. The lowest BCUT2D eigenvalue weighted by molar-refractivity contribution is 0.0935. The number of hydrogen-bond acceptors (Lipinski definition) is 4. The van der Waals surface area contributed by atoms with Gasteiger partial charge in [0.15, 0.2) is 0 Å². The molecule has 0 aliphatic carbocycles. The Morgan fingerprint density at radius 2 is 1.83 bits per heavy atom. The van der Waals surface area contributed by atoms with E-state index in [4.69, 9.17) is 4.42 Å². The van der Waals surface area contributed by atoms with Crippen molar-refractivity contribution in [3.05, 3.63) is 54.0 Å². The van der Waals surface area contributed by atoms with Crippen molar-refractivity contribution in [3.8, 4) is 0 Å². The summed E-state index contributed by atoms with van der Waals surface area (Å²) in [6, 6.07) is 8.96. The Kier molecular flexibility index (Phi) is 5.80. The van der Waals surface area contributed by atoms with Crippen LogP contribution in [-0.2, 0) is 10.0 Å². The number of carbonyl (C=O) groups is 1. The lowest BCUT2D eigenvalue weighted by Gasteiger charge is -2.13. The average molecular weight is 350 g/mol. The van der Waals surface area contributed by atoms with Crippen molar-refractivity contribution in [2.45, 2.75) is 44.2 Å². The first-order chi connectivity index (χ1) is 11.3. The molecule has 0 aliphatic heterocycles. The molecule has 2 rings (SSSR count). The second-order valence-corrected chi connectivity index (χ2v) is 7.38. The number of amides is 1. The molecule has 0 spiro atoms. The van der Waals surface area contributed by atoms with Crippen LogP contribution in [0.5, 0.6) is 0 Å². The zero-order valence-electron chi connectivity index (χ0n) is 13.9. The Balaban J connectivity index is 2.07. The molecule has 0 radical (unpaired) electrons. The Morgan fingerprint density at radius 1 is 1.17 bits per heavy atom. The SMILES string of the molecule is CCC(C)NS(=O)(=O)c1ccc(C(=O)NC(C)c2ccco2)cc1. The molecule has 6 nitrogen and oxygen atoms in total. The topological polar surface area (TPSA) is 88.4 Å². The fraction of sp³-hybridized carbons (Fsp3) is 0.353. The van der Waals surface area contributed by atoms with Crippen LogP contribution in [0, 0.1) is 0 Å². The molecule has 1 amide bonds. The van der Waals surface area contributed by atoms with Gasteiger partial charge in [0, 0.05) is 11.6 Å². The third-order valence-corrected chi connectivity index (χ3v) is 5.32. The third-order valence-electron chi connectivity index (χ3n) is 3.71. The highest BCUT2D eigenvalue weighted by molar-refractivity contribution is 7.89. The highest BCUT2D eigenvalue weighted by atomic mass is 32.2. The molecule has 24 heavy (non-hydrogen) atoms. The zero-order chi connectivity index (χ0) is 17.7. The Morgan fingerprint density at radius 3 is 2.38 bits per heavy atom. The van der Waals surface area contributed by atoms with Crippen LogP contribution in [-0.4, -0.2) is 20.4 Å². The Labute approximate surface area is 142 Å². The Hall–Kier alpha value is -2.12. The van der Waals surface area contributed by atoms with E-state index in [-0.39, 0.29) is 22.9 Å². The van der Waals surface area contributed by atoms with E-state index in [1.807, 2.05) is 13.8 Å². The van der Waals surface area contributed by atoms with E-state index in [9.17, 15) is 13.2 Å². The minimum atomic E-state index is -3.57. The first kappa shape index (κ1) is 18.2. The van der Waals surface area contributed by atoms with Crippen molar-refractivity contribution < 1.29 is 17.6 Å². The van der Waals surface area contributed by atoms with Crippen LogP contribution in [0.2, 0.25) is 0 Å². The van der Waals surface area contributed by atoms with Gasteiger partial charge in [0.1, 0.15) is 5.76 Å². The molecule has 0 saturated carbocycles. The van der Waals surface area contributed by atoms with Gasteiger partial charge in [0.05, 0.1) is 17.2 Å². The van der Waals surface area contributed by atoms with Crippen molar-refractivity contribution in [3.63, 3.8) is 0 Å². The minimum Gasteiger partial charge on any atom is -0.467 e. The zero-order valence-corrected chi connectivity index (χ0v) is 14.8. The van der Waals surface area contributed by atoms with Gasteiger partial charge in [-0.3, -0.25) is 4.79 Å². The van der Waals surface area contributed by atoms with Crippen LogP contribution >= 0.6 is 0 Å². The molecule has 1 heterocycles. The average Bonchev–Trinajstić information content (AvgIpc) is 3.09. The maximum absolute atomic E-state index is 12.2. The quantitative estimate of drug-likeness (QED) is 0.804. The number of sulfonamides is 1. The van der Waals surface area contributed by atoms with Crippen LogP contribution < -0.4 is 10.0 Å². The van der Waals surface area contributed by atoms with Gasteiger partial charge in [-0.2, -0.15) is 0 Å². The van der Waals surface area contributed by atoms with Gasteiger partial charge in [0.2, 0.25) is 10.0 Å². The van der Waals surface area contributed by atoms with E-state index < -0.39 is 10.0 Å². The summed E-state index contributed by atoms with van der Waals surface area (Å²) in [5, 5.41) is 2.80. The summed E-state index contributed by atoms with van der Waals surface area (Å²) >= 11 is 0. The lowest BCUT2D eigenvalue weighted by atomic mass is 10.2. The van der Waals surface area contributed by atoms with E-state index in [2.05, 4.69) is 10.0 Å². The number of benzene rings is 1. The van der Waals surface area contributed by atoms with Crippen LogP contribution in [0.4, 0.5) is 0 Å². The summed E-state index contributed by atoms with van der Waals surface area (Å²) in [4.78, 5) is 12.4.